The van der Waals surface area contributed by atoms with Crippen molar-refractivity contribution >= 4 is 29.2 Å². The third kappa shape index (κ3) is 3.75. The van der Waals surface area contributed by atoms with Crippen LogP contribution in [-0.2, 0) is 0 Å². The normalized spacial score (nSPS) is 11.0. The first kappa shape index (κ1) is 14.6. The van der Waals surface area contributed by atoms with Crippen molar-refractivity contribution in [2.24, 2.45) is 0 Å². The molecule has 0 spiro atoms. The predicted molar refractivity (Wildman–Crippen MR) is 77.5 cm³/mol. The SMILES string of the molecule is CSCCN(C)c1nc(C(C)C)nc(Cl)c1C. The summed E-state index contributed by atoms with van der Waals surface area (Å²) in [6.45, 7) is 7.09. The first-order valence-electron chi connectivity index (χ1n) is 5.71. The van der Waals surface area contributed by atoms with Crippen LogP contribution in [0.4, 0.5) is 5.82 Å². The van der Waals surface area contributed by atoms with Crippen molar-refractivity contribution in [3.8, 4) is 0 Å². The average molecular weight is 274 g/mol. The van der Waals surface area contributed by atoms with E-state index in [4.69, 9.17) is 11.6 Å². The van der Waals surface area contributed by atoms with E-state index in [1.54, 1.807) is 0 Å². The van der Waals surface area contributed by atoms with E-state index in [2.05, 4.69) is 35.0 Å². The molecule has 1 rings (SSSR count). The van der Waals surface area contributed by atoms with Crippen LogP contribution in [0.3, 0.4) is 0 Å². The summed E-state index contributed by atoms with van der Waals surface area (Å²) in [5.74, 6) is 3.13. The summed E-state index contributed by atoms with van der Waals surface area (Å²) in [7, 11) is 2.05. The average Bonchev–Trinajstić information content (AvgIpc) is 2.29. The Hall–Kier alpha value is -0.480. The highest BCUT2D eigenvalue weighted by Crippen LogP contribution is 2.25. The van der Waals surface area contributed by atoms with Crippen molar-refractivity contribution in [1.29, 1.82) is 0 Å². The van der Waals surface area contributed by atoms with Gasteiger partial charge in [-0.15, -0.1) is 0 Å². The van der Waals surface area contributed by atoms with Crippen LogP contribution in [0, 0.1) is 6.92 Å². The van der Waals surface area contributed by atoms with Gasteiger partial charge in [-0.3, -0.25) is 0 Å². The lowest BCUT2D eigenvalue weighted by molar-refractivity contribution is 0.762. The van der Waals surface area contributed by atoms with Gasteiger partial charge in [-0.05, 0) is 13.2 Å². The third-order valence-electron chi connectivity index (χ3n) is 2.59. The summed E-state index contributed by atoms with van der Waals surface area (Å²) in [5.41, 5.74) is 0.958. The topological polar surface area (TPSA) is 29.0 Å². The van der Waals surface area contributed by atoms with Crippen LogP contribution in [0.25, 0.3) is 0 Å². The highest BCUT2D eigenvalue weighted by atomic mass is 35.5. The Morgan fingerprint density at radius 1 is 1.35 bits per heavy atom. The Morgan fingerprint density at radius 3 is 2.53 bits per heavy atom. The first-order valence-corrected chi connectivity index (χ1v) is 7.48. The van der Waals surface area contributed by atoms with E-state index in [9.17, 15) is 0 Å². The quantitative estimate of drug-likeness (QED) is 0.770. The van der Waals surface area contributed by atoms with Crippen molar-refractivity contribution in [3.05, 3.63) is 16.5 Å². The van der Waals surface area contributed by atoms with Crippen LogP contribution in [-0.4, -0.2) is 35.6 Å². The molecule has 0 aromatic carbocycles. The van der Waals surface area contributed by atoms with Crippen LogP contribution in [0.5, 0.6) is 0 Å². The number of hydrogen-bond donors (Lipinski definition) is 0. The van der Waals surface area contributed by atoms with Crippen LogP contribution < -0.4 is 4.90 Å². The molecule has 0 atom stereocenters. The molecule has 0 aliphatic heterocycles. The van der Waals surface area contributed by atoms with Gasteiger partial charge in [0.2, 0.25) is 0 Å². The monoisotopic (exact) mass is 273 g/mol. The van der Waals surface area contributed by atoms with E-state index < -0.39 is 0 Å². The maximum atomic E-state index is 6.16. The van der Waals surface area contributed by atoms with Gasteiger partial charge >= 0.3 is 0 Å². The number of anilines is 1. The molecule has 0 fully saturated rings. The van der Waals surface area contributed by atoms with Crippen LogP contribution in [0.2, 0.25) is 5.15 Å². The first-order chi connectivity index (χ1) is 7.97. The summed E-state index contributed by atoms with van der Waals surface area (Å²) >= 11 is 7.99. The maximum Gasteiger partial charge on any atom is 0.137 e. The largest absolute Gasteiger partial charge is 0.358 e. The van der Waals surface area contributed by atoms with Crippen molar-refractivity contribution in [3.63, 3.8) is 0 Å². The number of halogens is 1. The zero-order valence-electron chi connectivity index (χ0n) is 11.1. The van der Waals surface area contributed by atoms with Crippen LogP contribution in [0.15, 0.2) is 0 Å². The number of nitrogens with zero attached hydrogens (tertiary/aromatic N) is 3. The van der Waals surface area contributed by atoms with E-state index >= 15 is 0 Å². The molecule has 0 amide bonds. The zero-order chi connectivity index (χ0) is 13.0. The molecule has 1 aromatic heterocycles. The fourth-order valence-electron chi connectivity index (χ4n) is 1.46. The minimum absolute atomic E-state index is 0.292. The minimum Gasteiger partial charge on any atom is -0.358 e. The molecule has 0 N–H and O–H groups in total. The molecule has 0 aliphatic rings. The van der Waals surface area contributed by atoms with Gasteiger partial charge in [0.1, 0.15) is 16.8 Å². The summed E-state index contributed by atoms with van der Waals surface area (Å²) in [4.78, 5) is 11.1. The lowest BCUT2D eigenvalue weighted by Crippen LogP contribution is -2.23. The molecule has 17 heavy (non-hydrogen) atoms. The fourth-order valence-corrected chi connectivity index (χ4v) is 2.09. The Labute approximate surface area is 113 Å². The van der Waals surface area contributed by atoms with E-state index in [1.807, 2.05) is 25.7 Å². The predicted octanol–water partition coefficient (Wildman–Crippen LogP) is 3.36. The van der Waals surface area contributed by atoms with Crippen LogP contribution in [0.1, 0.15) is 31.2 Å². The summed E-state index contributed by atoms with van der Waals surface area (Å²) in [6, 6.07) is 0. The van der Waals surface area contributed by atoms with Gasteiger partial charge in [-0.1, -0.05) is 25.4 Å². The molecule has 0 saturated heterocycles. The van der Waals surface area contributed by atoms with Crippen molar-refractivity contribution < 1.29 is 0 Å². The fraction of sp³-hybridized carbons (Fsp3) is 0.667. The summed E-state index contributed by atoms with van der Waals surface area (Å²) in [6.07, 6.45) is 2.10. The minimum atomic E-state index is 0.292. The number of aromatic nitrogens is 2. The second-order valence-corrected chi connectivity index (χ2v) is 5.73. The molecule has 0 unspecified atom stereocenters. The third-order valence-corrected chi connectivity index (χ3v) is 3.55. The Morgan fingerprint density at radius 2 is 2.00 bits per heavy atom. The highest BCUT2D eigenvalue weighted by molar-refractivity contribution is 7.98. The number of hydrogen-bond acceptors (Lipinski definition) is 4. The molecule has 0 bridgehead atoms. The lowest BCUT2D eigenvalue weighted by Gasteiger charge is -2.21. The maximum absolute atomic E-state index is 6.16. The lowest BCUT2D eigenvalue weighted by atomic mass is 10.2. The molecular weight excluding hydrogens is 254 g/mol. The van der Waals surface area contributed by atoms with Gasteiger partial charge < -0.3 is 4.90 Å². The molecule has 3 nitrogen and oxygen atoms in total. The zero-order valence-corrected chi connectivity index (χ0v) is 12.7. The Balaban J connectivity index is 3.04. The summed E-state index contributed by atoms with van der Waals surface area (Å²) in [5, 5.41) is 0.565. The van der Waals surface area contributed by atoms with E-state index in [-0.39, 0.29) is 0 Å². The molecular formula is C12H20ClN3S. The Bertz CT molecular complexity index is 382. The van der Waals surface area contributed by atoms with Crippen molar-refractivity contribution in [1.82, 2.24) is 9.97 Å². The van der Waals surface area contributed by atoms with E-state index in [0.717, 1.165) is 29.5 Å². The van der Waals surface area contributed by atoms with Gasteiger partial charge in [0.05, 0.1) is 0 Å². The standard InChI is InChI=1S/C12H20ClN3S/c1-8(2)11-14-10(13)9(3)12(15-11)16(4)6-7-17-5/h8H,6-7H2,1-5H3. The molecule has 0 radical (unpaired) electrons. The molecule has 96 valence electrons. The molecule has 0 aliphatic carbocycles. The summed E-state index contributed by atoms with van der Waals surface area (Å²) < 4.78 is 0. The van der Waals surface area contributed by atoms with Gasteiger partial charge in [0.15, 0.2) is 0 Å². The van der Waals surface area contributed by atoms with Gasteiger partial charge in [0.25, 0.3) is 0 Å². The molecule has 1 aromatic rings. The van der Waals surface area contributed by atoms with Crippen molar-refractivity contribution in [2.45, 2.75) is 26.7 Å². The van der Waals surface area contributed by atoms with Gasteiger partial charge in [0, 0.05) is 30.8 Å². The smallest absolute Gasteiger partial charge is 0.137 e. The molecule has 1 heterocycles. The molecule has 0 saturated carbocycles. The van der Waals surface area contributed by atoms with Crippen LogP contribution >= 0.6 is 23.4 Å². The number of thioether (sulfide) groups is 1. The van der Waals surface area contributed by atoms with E-state index in [0.29, 0.717) is 11.1 Å². The molecule has 5 heteroatoms. The van der Waals surface area contributed by atoms with Gasteiger partial charge in [-0.25, -0.2) is 9.97 Å². The van der Waals surface area contributed by atoms with Gasteiger partial charge in [-0.2, -0.15) is 11.8 Å². The van der Waals surface area contributed by atoms with E-state index in [1.165, 1.54) is 0 Å². The second-order valence-electron chi connectivity index (χ2n) is 4.39. The highest BCUT2D eigenvalue weighted by Gasteiger charge is 2.14. The second kappa shape index (κ2) is 6.45. The Kier molecular flexibility index (Phi) is 5.53. The number of rotatable bonds is 5. The van der Waals surface area contributed by atoms with Crippen molar-refractivity contribution in [2.75, 3.05) is 30.5 Å².